The van der Waals surface area contributed by atoms with Gasteiger partial charge in [-0.05, 0) is 0 Å². The van der Waals surface area contributed by atoms with E-state index in [1.807, 2.05) is 72.8 Å². The monoisotopic (exact) mass is 408 g/mol. The molecule has 0 N–H and O–H groups in total. The molecule has 0 nitrogen and oxygen atoms in total. The van der Waals surface area contributed by atoms with Crippen molar-refractivity contribution >= 4 is 50.0 Å². The van der Waals surface area contributed by atoms with E-state index in [1.165, 1.54) is 0 Å². The Morgan fingerprint density at radius 1 is 0.444 bits per heavy atom. The second kappa shape index (κ2) is 7.13. The van der Waals surface area contributed by atoms with Gasteiger partial charge in [0.05, 0.1) is 0 Å². The minimum absolute atomic E-state index is 0.682. The molecule has 0 heterocycles. The summed E-state index contributed by atoms with van der Waals surface area (Å²) < 4.78 is 0. The van der Waals surface area contributed by atoms with Gasteiger partial charge in [0.15, 0.2) is 0 Å². The SMILES string of the molecule is Clc1ccccc1P(Cl)(c1ccccc1)(c1ccccc1)c1ccccc1. The van der Waals surface area contributed by atoms with E-state index in [2.05, 4.69) is 42.5 Å². The Bertz CT molecular complexity index is 948. The third kappa shape index (κ3) is 2.72. The van der Waals surface area contributed by atoms with E-state index in [-0.39, 0.29) is 0 Å². The molecule has 4 aromatic rings. The molecule has 0 aromatic heterocycles. The molecular weight excluding hydrogens is 390 g/mol. The summed E-state index contributed by atoms with van der Waals surface area (Å²) in [7, 11) is 0. The van der Waals surface area contributed by atoms with Crippen LogP contribution in [-0.2, 0) is 0 Å². The quantitative estimate of drug-likeness (QED) is 0.382. The molecule has 0 atom stereocenters. The van der Waals surface area contributed by atoms with Crippen LogP contribution in [0.4, 0.5) is 0 Å². The molecule has 0 spiro atoms. The van der Waals surface area contributed by atoms with Crippen LogP contribution in [0.2, 0.25) is 5.02 Å². The van der Waals surface area contributed by atoms with Gasteiger partial charge < -0.3 is 0 Å². The van der Waals surface area contributed by atoms with Crippen LogP contribution < -0.4 is 21.2 Å². The first-order valence-corrected chi connectivity index (χ1v) is 12.3. The zero-order chi connectivity index (χ0) is 18.8. The fraction of sp³-hybridized carbons (Fsp3) is 0. The summed E-state index contributed by atoms with van der Waals surface area (Å²) in [5.41, 5.74) is 0. The Morgan fingerprint density at radius 2 is 0.778 bits per heavy atom. The molecule has 4 aromatic carbocycles. The van der Waals surface area contributed by atoms with Crippen molar-refractivity contribution in [1.29, 1.82) is 0 Å². The number of hydrogen-bond donors (Lipinski definition) is 0. The molecule has 0 saturated heterocycles. The summed E-state index contributed by atoms with van der Waals surface area (Å²) in [5, 5.41) is 4.89. The summed E-state index contributed by atoms with van der Waals surface area (Å²) in [4.78, 5) is 0. The third-order valence-corrected chi connectivity index (χ3v) is 12.9. The molecule has 3 heteroatoms. The molecule has 0 aliphatic heterocycles. The third-order valence-electron chi connectivity index (χ3n) is 5.03. The van der Waals surface area contributed by atoms with Crippen LogP contribution in [0.1, 0.15) is 0 Å². The molecule has 0 fully saturated rings. The van der Waals surface area contributed by atoms with E-state index in [4.69, 9.17) is 22.8 Å². The van der Waals surface area contributed by atoms with Gasteiger partial charge in [-0.15, -0.1) is 0 Å². The fourth-order valence-electron chi connectivity index (χ4n) is 3.78. The van der Waals surface area contributed by atoms with Crippen molar-refractivity contribution in [2.75, 3.05) is 0 Å². The number of halogens is 2. The van der Waals surface area contributed by atoms with Gasteiger partial charge in [-0.3, -0.25) is 0 Å². The zero-order valence-electron chi connectivity index (χ0n) is 14.7. The Hall–Kier alpha value is -2.11. The number of hydrogen-bond acceptors (Lipinski definition) is 0. The van der Waals surface area contributed by atoms with Crippen LogP contribution in [0.3, 0.4) is 0 Å². The van der Waals surface area contributed by atoms with E-state index >= 15 is 0 Å². The average Bonchev–Trinajstić information content (AvgIpc) is 2.75. The molecule has 0 bridgehead atoms. The molecule has 0 aliphatic carbocycles. The zero-order valence-corrected chi connectivity index (χ0v) is 17.1. The second-order valence-corrected chi connectivity index (χ2v) is 13.0. The topological polar surface area (TPSA) is 0 Å². The van der Waals surface area contributed by atoms with Crippen molar-refractivity contribution in [3.8, 4) is 0 Å². The van der Waals surface area contributed by atoms with E-state index in [0.717, 1.165) is 21.2 Å². The molecule has 0 amide bonds. The van der Waals surface area contributed by atoms with Crippen molar-refractivity contribution in [3.63, 3.8) is 0 Å². The van der Waals surface area contributed by atoms with Gasteiger partial charge in [0.1, 0.15) is 0 Å². The van der Waals surface area contributed by atoms with Gasteiger partial charge in [0, 0.05) is 0 Å². The summed E-state index contributed by atoms with van der Waals surface area (Å²) in [6.07, 6.45) is 0. The first-order valence-electron chi connectivity index (χ1n) is 8.81. The molecular formula is C24H19Cl2P. The van der Waals surface area contributed by atoms with Gasteiger partial charge in [-0.2, -0.15) is 0 Å². The van der Waals surface area contributed by atoms with Crippen LogP contribution >= 0.6 is 28.8 Å². The van der Waals surface area contributed by atoms with E-state index in [9.17, 15) is 0 Å². The van der Waals surface area contributed by atoms with Crippen molar-refractivity contribution in [2.24, 2.45) is 0 Å². The summed E-state index contributed by atoms with van der Waals surface area (Å²) in [6.45, 7) is 0. The average molecular weight is 409 g/mol. The van der Waals surface area contributed by atoms with Gasteiger partial charge in [0.2, 0.25) is 0 Å². The van der Waals surface area contributed by atoms with Crippen LogP contribution in [-0.4, -0.2) is 0 Å². The molecule has 0 aliphatic rings. The Balaban J connectivity index is 2.26. The fourth-order valence-corrected chi connectivity index (χ4v) is 10.8. The molecule has 0 radical (unpaired) electrons. The number of benzene rings is 4. The van der Waals surface area contributed by atoms with Gasteiger partial charge in [-0.25, -0.2) is 0 Å². The van der Waals surface area contributed by atoms with Crippen LogP contribution in [0.25, 0.3) is 0 Å². The van der Waals surface area contributed by atoms with E-state index in [0.29, 0.717) is 5.02 Å². The van der Waals surface area contributed by atoms with Crippen LogP contribution in [0.5, 0.6) is 0 Å². The predicted octanol–water partition coefficient (Wildman–Crippen LogP) is 5.65. The molecule has 0 saturated carbocycles. The van der Waals surface area contributed by atoms with E-state index in [1.54, 1.807) is 0 Å². The van der Waals surface area contributed by atoms with Crippen molar-refractivity contribution in [3.05, 3.63) is 120 Å². The molecule has 134 valence electrons. The van der Waals surface area contributed by atoms with Crippen LogP contribution in [0.15, 0.2) is 115 Å². The second-order valence-electron chi connectivity index (χ2n) is 6.47. The van der Waals surface area contributed by atoms with Gasteiger partial charge in [-0.1, -0.05) is 0 Å². The Morgan fingerprint density at radius 3 is 1.15 bits per heavy atom. The molecule has 0 unspecified atom stereocenters. The standard InChI is InChI=1S/C24H19Cl2P/c25-23-18-10-11-19-24(23)27(26,20-12-4-1-5-13-20,21-14-6-2-7-15-21)22-16-8-3-9-17-22/h1-19H. The Kier molecular flexibility index (Phi) is 4.82. The normalized spacial score (nSPS) is 12.9. The van der Waals surface area contributed by atoms with Crippen molar-refractivity contribution < 1.29 is 0 Å². The first kappa shape index (κ1) is 18.3. The summed E-state index contributed by atoms with van der Waals surface area (Å²) in [5.74, 6) is -3.52. The molecule has 4 rings (SSSR count). The van der Waals surface area contributed by atoms with Crippen LogP contribution in [0, 0.1) is 0 Å². The maximum absolute atomic E-state index is 8.05. The first-order chi connectivity index (χ1) is 13.2. The predicted molar refractivity (Wildman–Crippen MR) is 122 cm³/mol. The maximum atomic E-state index is 8.05. The Labute approximate surface area is 170 Å². The van der Waals surface area contributed by atoms with Crippen molar-refractivity contribution in [2.45, 2.75) is 0 Å². The van der Waals surface area contributed by atoms with Gasteiger partial charge in [0.25, 0.3) is 0 Å². The molecule has 27 heavy (non-hydrogen) atoms. The summed E-state index contributed by atoms with van der Waals surface area (Å²) in [6, 6.07) is 39.0. The summed E-state index contributed by atoms with van der Waals surface area (Å²) >= 11 is 14.8. The van der Waals surface area contributed by atoms with E-state index < -0.39 is 5.96 Å². The number of rotatable bonds is 4. The van der Waals surface area contributed by atoms with Gasteiger partial charge >= 0.3 is 170 Å². The van der Waals surface area contributed by atoms with Crippen molar-refractivity contribution in [1.82, 2.24) is 0 Å². The minimum atomic E-state index is -3.52.